The molecule has 2 rings (SSSR count). The van der Waals surface area contributed by atoms with Crippen LogP contribution in [0.15, 0.2) is 36.7 Å². The summed E-state index contributed by atoms with van der Waals surface area (Å²) >= 11 is 5.67. The van der Waals surface area contributed by atoms with Gasteiger partial charge >= 0.3 is 6.01 Å². The summed E-state index contributed by atoms with van der Waals surface area (Å²) in [4.78, 5) is 10.2. The highest BCUT2D eigenvalue weighted by atomic mass is 35.5. The largest absolute Gasteiger partial charge is 0.424 e. The second-order valence-corrected chi connectivity index (χ2v) is 4.27. The predicted octanol–water partition coefficient (Wildman–Crippen LogP) is 3.07. The number of nitrogens with zero attached hydrogens (tertiary/aromatic N) is 3. The van der Waals surface area contributed by atoms with E-state index in [1.807, 2.05) is 43.3 Å². The fraction of sp³-hybridized carbons (Fsp3) is 0.231. The third-order valence-corrected chi connectivity index (χ3v) is 2.69. The zero-order chi connectivity index (χ0) is 13.0. The van der Waals surface area contributed by atoms with Gasteiger partial charge in [-0.25, -0.2) is 9.97 Å². The first-order chi connectivity index (χ1) is 8.69. The van der Waals surface area contributed by atoms with Crippen molar-refractivity contribution in [1.82, 2.24) is 9.97 Å². The summed E-state index contributed by atoms with van der Waals surface area (Å²) < 4.78 is 5.58. The Morgan fingerprint density at radius 3 is 2.56 bits per heavy atom. The van der Waals surface area contributed by atoms with E-state index in [2.05, 4.69) is 9.97 Å². The first-order valence-corrected chi connectivity index (χ1v) is 6.04. The maximum absolute atomic E-state index is 5.67. The molecule has 0 aliphatic rings. The van der Waals surface area contributed by atoms with Gasteiger partial charge in [0.2, 0.25) is 0 Å². The van der Waals surface area contributed by atoms with E-state index in [1.54, 1.807) is 12.4 Å². The van der Waals surface area contributed by atoms with E-state index in [-0.39, 0.29) is 0 Å². The second-order valence-electron chi connectivity index (χ2n) is 4.00. The number of halogens is 1. The molecular weight excluding hydrogens is 250 g/mol. The highest BCUT2D eigenvalue weighted by Crippen LogP contribution is 2.22. The Labute approximate surface area is 111 Å². The summed E-state index contributed by atoms with van der Waals surface area (Å²) in [6, 6.07) is 8.05. The van der Waals surface area contributed by atoms with Crippen LogP contribution < -0.4 is 9.64 Å². The quantitative estimate of drug-likeness (QED) is 0.795. The van der Waals surface area contributed by atoms with Gasteiger partial charge in [0.25, 0.3) is 0 Å². The fourth-order valence-electron chi connectivity index (χ4n) is 1.40. The van der Waals surface area contributed by atoms with Gasteiger partial charge < -0.3 is 9.64 Å². The summed E-state index contributed by atoms with van der Waals surface area (Å²) in [7, 11) is 3.95. The number of aromatic nitrogens is 2. The normalized spacial score (nSPS) is 10.2. The van der Waals surface area contributed by atoms with Crippen LogP contribution >= 0.6 is 11.6 Å². The summed E-state index contributed by atoms with van der Waals surface area (Å²) in [6.07, 6.45) is 3.32. The maximum atomic E-state index is 5.67. The van der Waals surface area contributed by atoms with Crippen LogP contribution in [-0.4, -0.2) is 24.1 Å². The monoisotopic (exact) mass is 263 g/mol. The number of hydrogen-bond donors (Lipinski definition) is 0. The molecule has 0 saturated carbocycles. The SMILES string of the molecule is CN(C)c1cccc(Oc2ncc(CCl)cn2)c1. The molecule has 18 heavy (non-hydrogen) atoms. The van der Waals surface area contributed by atoms with E-state index < -0.39 is 0 Å². The molecule has 0 aliphatic carbocycles. The molecule has 0 unspecified atom stereocenters. The summed E-state index contributed by atoms with van der Waals surface area (Å²) in [5.74, 6) is 1.11. The Morgan fingerprint density at radius 1 is 1.22 bits per heavy atom. The number of alkyl halides is 1. The summed E-state index contributed by atoms with van der Waals surface area (Å²) in [5.41, 5.74) is 1.93. The van der Waals surface area contributed by atoms with Crippen molar-refractivity contribution in [3.05, 3.63) is 42.2 Å². The van der Waals surface area contributed by atoms with E-state index in [0.29, 0.717) is 17.6 Å². The Kier molecular flexibility index (Phi) is 3.99. The minimum atomic E-state index is 0.319. The number of hydrogen-bond acceptors (Lipinski definition) is 4. The molecule has 0 bridgehead atoms. The minimum Gasteiger partial charge on any atom is -0.424 e. The van der Waals surface area contributed by atoms with Crippen molar-refractivity contribution in [3.8, 4) is 11.8 Å². The average Bonchev–Trinajstić information content (AvgIpc) is 2.40. The zero-order valence-corrected chi connectivity index (χ0v) is 11.1. The third kappa shape index (κ3) is 3.11. The van der Waals surface area contributed by atoms with Crippen molar-refractivity contribution in [1.29, 1.82) is 0 Å². The van der Waals surface area contributed by atoms with Crippen LogP contribution in [0.25, 0.3) is 0 Å². The average molecular weight is 264 g/mol. The van der Waals surface area contributed by atoms with E-state index in [9.17, 15) is 0 Å². The van der Waals surface area contributed by atoms with E-state index >= 15 is 0 Å². The molecule has 0 saturated heterocycles. The minimum absolute atomic E-state index is 0.319. The molecule has 0 atom stereocenters. The van der Waals surface area contributed by atoms with Crippen LogP contribution in [0.5, 0.6) is 11.8 Å². The van der Waals surface area contributed by atoms with Gasteiger partial charge in [0, 0.05) is 43.8 Å². The number of rotatable bonds is 4. The van der Waals surface area contributed by atoms with Gasteiger partial charge in [0.1, 0.15) is 5.75 Å². The second kappa shape index (κ2) is 5.69. The molecule has 0 amide bonds. The first kappa shape index (κ1) is 12.6. The molecule has 2 aromatic rings. The van der Waals surface area contributed by atoms with Crippen LogP contribution in [-0.2, 0) is 5.88 Å². The third-order valence-electron chi connectivity index (χ3n) is 2.38. The molecule has 94 valence electrons. The number of ether oxygens (including phenoxy) is 1. The molecular formula is C13H14ClN3O. The zero-order valence-electron chi connectivity index (χ0n) is 10.3. The Bertz CT molecular complexity index is 514. The van der Waals surface area contributed by atoms with Gasteiger partial charge in [0.15, 0.2) is 0 Å². The van der Waals surface area contributed by atoms with E-state index in [1.165, 1.54) is 0 Å². The number of anilines is 1. The lowest BCUT2D eigenvalue weighted by atomic mass is 10.3. The topological polar surface area (TPSA) is 38.2 Å². The van der Waals surface area contributed by atoms with Gasteiger partial charge in [-0.1, -0.05) is 6.07 Å². The highest BCUT2D eigenvalue weighted by molar-refractivity contribution is 6.17. The molecule has 1 aromatic heterocycles. The lowest BCUT2D eigenvalue weighted by Gasteiger charge is -2.13. The van der Waals surface area contributed by atoms with Crippen LogP contribution in [0.2, 0.25) is 0 Å². The van der Waals surface area contributed by atoms with Crippen LogP contribution in [0.1, 0.15) is 5.56 Å². The van der Waals surface area contributed by atoms with Crippen molar-refractivity contribution in [2.75, 3.05) is 19.0 Å². The number of benzene rings is 1. The Hall–Kier alpha value is -1.81. The molecule has 1 aromatic carbocycles. The van der Waals surface area contributed by atoms with Crippen LogP contribution in [0.4, 0.5) is 5.69 Å². The summed E-state index contributed by atoms with van der Waals surface area (Å²) in [5, 5.41) is 0. The lowest BCUT2D eigenvalue weighted by Crippen LogP contribution is -2.08. The van der Waals surface area contributed by atoms with Gasteiger partial charge in [-0.2, -0.15) is 0 Å². The molecule has 4 nitrogen and oxygen atoms in total. The van der Waals surface area contributed by atoms with E-state index in [4.69, 9.17) is 16.3 Å². The van der Waals surface area contributed by atoms with Crippen LogP contribution in [0, 0.1) is 0 Å². The Morgan fingerprint density at radius 2 is 1.94 bits per heavy atom. The molecule has 0 N–H and O–H groups in total. The van der Waals surface area contributed by atoms with Crippen molar-refractivity contribution < 1.29 is 4.74 Å². The van der Waals surface area contributed by atoms with Crippen molar-refractivity contribution in [3.63, 3.8) is 0 Å². The first-order valence-electron chi connectivity index (χ1n) is 5.51. The van der Waals surface area contributed by atoms with Gasteiger partial charge in [-0.3, -0.25) is 0 Å². The smallest absolute Gasteiger partial charge is 0.321 e. The molecule has 0 fully saturated rings. The van der Waals surface area contributed by atoms with Gasteiger partial charge in [-0.05, 0) is 12.1 Å². The fourth-order valence-corrected chi connectivity index (χ4v) is 1.53. The van der Waals surface area contributed by atoms with Crippen molar-refractivity contribution >= 4 is 17.3 Å². The molecule has 0 aliphatic heterocycles. The Balaban J connectivity index is 2.15. The van der Waals surface area contributed by atoms with Crippen molar-refractivity contribution in [2.24, 2.45) is 0 Å². The van der Waals surface area contributed by atoms with Crippen LogP contribution in [0.3, 0.4) is 0 Å². The van der Waals surface area contributed by atoms with Crippen molar-refractivity contribution in [2.45, 2.75) is 5.88 Å². The van der Waals surface area contributed by atoms with Gasteiger partial charge in [0.05, 0.1) is 5.88 Å². The molecule has 5 heteroatoms. The maximum Gasteiger partial charge on any atom is 0.321 e. The summed E-state index contributed by atoms with van der Waals surface area (Å²) in [6.45, 7) is 0. The highest BCUT2D eigenvalue weighted by Gasteiger charge is 2.02. The molecule has 0 radical (unpaired) electrons. The lowest BCUT2D eigenvalue weighted by molar-refractivity contribution is 0.441. The molecule has 0 spiro atoms. The molecule has 1 heterocycles. The standard InChI is InChI=1S/C13H14ClN3O/c1-17(2)11-4-3-5-12(6-11)18-13-15-8-10(7-14)9-16-13/h3-6,8-9H,7H2,1-2H3. The van der Waals surface area contributed by atoms with Gasteiger partial charge in [-0.15, -0.1) is 11.6 Å². The predicted molar refractivity (Wildman–Crippen MR) is 72.4 cm³/mol. The van der Waals surface area contributed by atoms with E-state index in [0.717, 1.165) is 11.3 Å².